The lowest BCUT2D eigenvalue weighted by Crippen LogP contribution is -2.50. The number of piperidine rings is 1. The van der Waals surface area contributed by atoms with Crippen LogP contribution in [0.4, 0.5) is 0 Å². The molecule has 0 bridgehead atoms. The van der Waals surface area contributed by atoms with Crippen LogP contribution in [0.2, 0.25) is 0 Å². The quantitative estimate of drug-likeness (QED) is 0.850. The molecule has 1 atom stereocenters. The summed E-state index contributed by atoms with van der Waals surface area (Å²) in [5.41, 5.74) is 1.09. The van der Waals surface area contributed by atoms with Crippen molar-refractivity contribution in [3.63, 3.8) is 0 Å². The number of amides is 3. The Morgan fingerprint density at radius 2 is 1.64 bits per heavy atom. The summed E-state index contributed by atoms with van der Waals surface area (Å²) in [5, 5.41) is 3.03. The van der Waals surface area contributed by atoms with Gasteiger partial charge in [-0.15, -0.1) is 0 Å². The predicted molar refractivity (Wildman–Crippen MR) is 105 cm³/mol. The minimum atomic E-state index is -0.172. The van der Waals surface area contributed by atoms with Gasteiger partial charge >= 0.3 is 0 Å². The molecule has 152 valence electrons. The van der Waals surface area contributed by atoms with Crippen LogP contribution in [0.1, 0.15) is 47.4 Å². The van der Waals surface area contributed by atoms with Crippen molar-refractivity contribution in [1.29, 1.82) is 0 Å². The van der Waals surface area contributed by atoms with E-state index >= 15 is 0 Å². The second-order valence-corrected chi connectivity index (χ2v) is 7.73. The molecule has 2 aliphatic heterocycles. The van der Waals surface area contributed by atoms with Crippen LogP contribution in [0.3, 0.4) is 0 Å². The molecular formula is C21H29N3O4. The van der Waals surface area contributed by atoms with Gasteiger partial charge in [-0.2, -0.15) is 0 Å². The van der Waals surface area contributed by atoms with Gasteiger partial charge in [-0.1, -0.05) is 13.8 Å². The van der Waals surface area contributed by atoms with Gasteiger partial charge in [-0.3, -0.25) is 14.4 Å². The summed E-state index contributed by atoms with van der Waals surface area (Å²) >= 11 is 0. The Labute approximate surface area is 166 Å². The molecule has 2 heterocycles. The number of nitrogens with zero attached hydrogens (tertiary/aromatic N) is 2. The van der Waals surface area contributed by atoms with E-state index in [9.17, 15) is 14.4 Å². The maximum atomic E-state index is 12.6. The first-order valence-corrected chi connectivity index (χ1v) is 10.0. The van der Waals surface area contributed by atoms with E-state index in [1.165, 1.54) is 0 Å². The van der Waals surface area contributed by atoms with Crippen LogP contribution >= 0.6 is 0 Å². The van der Waals surface area contributed by atoms with Crippen LogP contribution in [-0.4, -0.2) is 73.0 Å². The van der Waals surface area contributed by atoms with Crippen LogP contribution in [0.5, 0.6) is 0 Å². The molecule has 0 spiro atoms. The molecule has 28 heavy (non-hydrogen) atoms. The normalized spacial score (nSPS) is 20.2. The fourth-order valence-corrected chi connectivity index (χ4v) is 3.64. The van der Waals surface area contributed by atoms with E-state index in [1.807, 2.05) is 18.7 Å². The zero-order valence-corrected chi connectivity index (χ0v) is 16.6. The number of carbonyl (C=O) groups excluding carboxylic acids is 3. The van der Waals surface area contributed by atoms with Crippen molar-refractivity contribution in [3.8, 4) is 0 Å². The first-order valence-electron chi connectivity index (χ1n) is 10.0. The number of carbonyl (C=O) groups is 3. The lowest BCUT2D eigenvalue weighted by atomic mass is 10.0. The molecule has 3 amide bonds. The number of rotatable bonds is 4. The molecule has 2 fully saturated rings. The van der Waals surface area contributed by atoms with Crippen LogP contribution in [0.25, 0.3) is 0 Å². The summed E-state index contributed by atoms with van der Waals surface area (Å²) in [5.74, 6) is -0.115. The number of ether oxygens (including phenoxy) is 1. The molecule has 1 N–H and O–H groups in total. The van der Waals surface area contributed by atoms with Crippen molar-refractivity contribution in [2.24, 2.45) is 5.92 Å². The van der Waals surface area contributed by atoms with Crippen molar-refractivity contribution in [3.05, 3.63) is 35.4 Å². The van der Waals surface area contributed by atoms with Crippen LogP contribution in [0, 0.1) is 5.92 Å². The molecule has 1 aromatic carbocycles. The van der Waals surface area contributed by atoms with Gasteiger partial charge in [0.15, 0.2) is 0 Å². The average Bonchev–Trinajstić information content (AvgIpc) is 2.73. The van der Waals surface area contributed by atoms with Gasteiger partial charge < -0.3 is 19.9 Å². The average molecular weight is 387 g/mol. The lowest BCUT2D eigenvalue weighted by molar-refractivity contribution is -0.135. The first-order chi connectivity index (χ1) is 13.5. The maximum absolute atomic E-state index is 12.6. The predicted octanol–water partition coefficient (Wildman–Crippen LogP) is 1.54. The Bertz CT molecular complexity index is 711. The van der Waals surface area contributed by atoms with Gasteiger partial charge in [0.2, 0.25) is 5.91 Å². The fourth-order valence-electron chi connectivity index (χ4n) is 3.64. The van der Waals surface area contributed by atoms with Crippen LogP contribution in [-0.2, 0) is 9.53 Å². The number of benzene rings is 1. The highest BCUT2D eigenvalue weighted by molar-refractivity contribution is 5.98. The van der Waals surface area contributed by atoms with E-state index < -0.39 is 0 Å². The lowest BCUT2D eigenvalue weighted by Gasteiger charge is -2.34. The molecule has 2 saturated heterocycles. The topological polar surface area (TPSA) is 79.0 Å². The Balaban J connectivity index is 1.57. The van der Waals surface area contributed by atoms with Gasteiger partial charge in [-0.25, -0.2) is 0 Å². The standard InChI is InChI=1S/C21H29N3O4/c1-15(2)20(26)24-9-3-4-18(14-24)22-19(25)16-5-7-17(8-6-16)21(27)23-10-12-28-13-11-23/h5-8,15,18H,3-4,9-14H2,1-2H3,(H,22,25). The Kier molecular flexibility index (Phi) is 6.67. The molecule has 3 rings (SSSR count). The number of nitrogens with one attached hydrogen (secondary N) is 1. The highest BCUT2D eigenvalue weighted by Gasteiger charge is 2.26. The van der Waals surface area contributed by atoms with Crippen molar-refractivity contribution in [2.45, 2.75) is 32.7 Å². The van der Waals surface area contributed by atoms with E-state index in [0.29, 0.717) is 44.0 Å². The SMILES string of the molecule is CC(C)C(=O)N1CCCC(NC(=O)c2ccc(C(=O)N3CCOCC3)cc2)C1. The minimum Gasteiger partial charge on any atom is -0.378 e. The van der Waals surface area contributed by atoms with Crippen molar-refractivity contribution in [2.75, 3.05) is 39.4 Å². The second kappa shape index (κ2) is 9.19. The van der Waals surface area contributed by atoms with Gasteiger partial charge in [-0.05, 0) is 37.1 Å². The number of hydrogen-bond acceptors (Lipinski definition) is 4. The Morgan fingerprint density at radius 1 is 1.00 bits per heavy atom. The summed E-state index contributed by atoms with van der Waals surface area (Å²) in [7, 11) is 0. The second-order valence-electron chi connectivity index (χ2n) is 7.73. The summed E-state index contributed by atoms with van der Waals surface area (Å²) in [6.45, 7) is 7.39. The smallest absolute Gasteiger partial charge is 0.254 e. The third-order valence-electron chi connectivity index (χ3n) is 5.25. The summed E-state index contributed by atoms with van der Waals surface area (Å²) < 4.78 is 5.27. The van der Waals surface area contributed by atoms with Crippen LogP contribution < -0.4 is 5.32 Å². The van der Waals surface area contributed by atoms with Gasteiger partial charge in [0.1, 0.15) is 0 Å². The van der Waals surface area contributed by atoms with E-state index in [1.54, 1.807) is 29.2 Å². The molecule has 1 unspecified atom stereocenters. The molecule has 1 aromatic rings. The number of likely N-dealkylation sites (tertiary alicyclic amines) is 1. The van der Waals surface area contributed by atoms with E-state index in [-0.39, 0.29) is 29.7 Å². The van der Waals surface area contributed by atoms with Crippen molar-refractivity contribution < 1.29 is 19.1 Å². The van der Waals surface area contributed by atoms with Crippen LogP contribution in [0.15, 0.2) is 24.3 Å². The molecular weight excluding hydrogens is 358 g/mol. The molecule has 2 aliphatic rings. The monoisotopic (exact) mass is 387 g/mol. The molecule has 0 aromatic heterocycles. The van der Waals surface area contributed by atoms with E-state index in [4.69, 9.17) is 4.74 Å². The van der Waals surface area contributed by atoms with E-state index in [2.05, 4.69) is 5.32 Å². The molecule has 7 heteroatoms. The van der Waals surface area contributed by atoms with Crippen molar-refractivity contribution >= 4 is 17.7 Å². The Hall–Kier alpha value is -2.41. The largest absolute Gasteiger partial charge is 0.378 e. The zero-order valence-electron chi connectivity index (χ0n) is 16.6. The third kappa shape index (κ3) is 4.90. The van der Waals surface area contributed by atoms with Gasteiger partial charge in [0.25, 0.3) is 11.8 Å². The van der Waals surface area contributed by atoms with Gasteiger partial charge in [0.05, 0.1) is 13.2 Å². The molecule has 0 aliphatic carbocycles. The Morgan fingerprint density at radius 3 is 2.29 bits per heavy atom. The fraction of sp³-hybridized carbons (Fsp3) is 0.571. The summed E-state index contributed by atoms with van der Waals surface area (Å²) in [6, 6.07) is 6.72. The minimum absolute atomic E-state index is 0.0361. The molecule has 7 nitrogen and oxygen atoms in total. The van der Waals surface area contributed by atoms with E-state index in [0.717, 1.165) is 19.4 Å². The highest BCUT2D eigenvalue weighted by atomic mass is 16.5. The molecule has 0 radical (unpaired) electrons. The highest BCUT2D eigenvalue weighted by Crippen LogP contribution is 2.15. The summed E-state index contributed by atoms with van der Waals surface area (Å²) in [4.78, 5) is 40.9. The third-order valence-corrected chi connectivity index (χ3v) is 5.25. The summed E-state index contributed by atoms with van der Waals surface area (Å²) in [6.07, 6.45) is 1.75. The first kappa shape index (κ1) is 20.3. The molecule has 0 saturated carbocycles. The number of morpholine rings is 1. The van der Waals surface area contributed by atoms with Gasteiger partial charge in [0, 0.05) is 49.3 Å². The maximum Gasteiger partial charge on any atom is 0.254 e. The zero-order chi connectivity index (χ0) is 20.1. The number of hydrogen-bond donors (Lipinski definition) is 1. The van der Waals surface area contributed by atoms with Crippen molar-refractivity contribution in [1.82, 2.24) is 15.1 Å².